The second kappa shape index (κ2) is 6.02. The zero-order chi connectivity index (χ0) is 16.4. The van der Waals surface area contributed by atoms with Gasteiger partial charge in [0.2, 0.25) is 17.7 Å². The summed E-state index contributed by atoms with van der Waals surface area (Å²) in [4.78, 5) is 37.4. The first-order valence-corrected chi connectivity index (χ1v) is 7.77. The van der Waals surface area contributed by atoms with Crippen LogP contribution in [-0.2, 0) is 20.8 Å². The molecule has 0 aliphatic carbocycles. The molecule has 6 heteroatoms. The molecule has 0 saturated carbocycles. The zero-order valence-corrected chi connectivity index (χ0v) is 13.1. The number of hydrogen-bond donors (Lipinski definition) is 1. The molecule has 1 N–H and O–H groups in total. The third-order valence-corrected chi connectivity index (χ3v) is 4.70. The first kappa shape index (κ1) is 15.5. The molecule has 1 aromatic carbocycles. The standard InChI is InChI=1S/C17H20N2O4/c1-23-13-4-2-3-12(9-13)5-6-15(21)19-8-7-17(11-19)10-14(20)18-16(17)22/h2-4,9H,5-8,10-11H2,1H3,(H,18,20,22)/t17-/m0/s1. The number of nitrogens with one attached hydrogen (secondary N) is 1. The maximum Gasteiger partial charge on any atom is 0.235 e. The molecule has 0 radical (unpaired) electrons. The van der Waals surface area contributed by atoms with Gasteiger partial charge in [-0.15, -0.1) is 0 Å². The van der Waals surface area contributed by atoms with E-state index in [1.807, 2.05) is 24.3 Å². The maximum absolute atomic E-state index is 12.4. The van der Waals surface area contributed by atoms with Crippen molar-refractivity contribution in [1.29, 1.82) is 0 Å². The monoisotopic (exact) mass is 316 g/mol. The van der Waals surface area contributed by atoms with Crippen LogP contribution in [0.5, 0.6) is 5.75 Å². The lowest BCUT2D eigenvalue weighted by Gasteiger charge is -2.20. The van der Waals surface area contributed by atoms with Crippen molar-refractivity contribution in [2.45, 2.75) is 25.7 Å². The number of ether oxygens (including phenoxy) is 1. The number of amides is 3. The van der Waals surface area contributed by atoms with Crippen molar-refractivity contribution in [3.63, 3.8) is 0 Å². The van der Waals surface area contributed by atoms with Gasteiger partial charge in [-0.25, -0.2) is 0 Å². The molecular formula is C17H20N2O4. The lowest BCUT2D eigenvalue weighted by atomic mass is 9.85. The molecule has 2 aliphatic heterocycles. The predicted octanol–water partition coefficient (Wildman–Crippen LogP) is 0.893. The second-order valence-corrected chi connectivity index (χ2v) is 6.25. The van der Waals surface area contributed by atoms with Crippen LogP contribution in [0, 0.1) is 5.41 Å². The van der Waals surface area contributed by atoms with Gasteiger partial charge < -0.3 is 9.64 Å². The summed E-state index contributed by atoms with van der Waals surface area (Å²) in [6.07, 6.45) is 1.78. The number of methoxy groups -OCH3 is 1. The van der Waals surface area contributed by atoms with Gasteiger partial charge in [0.05, 0.1) is 12.5 Å². The van der Waals surface area contributed by atoms with E-state index in [-0.39, 0.29) is 24.1 Å². The molecule has 2 fully saturated rings. The molecule has 1 spiro atoms. The van der Waals surface area contributed by atoms with E-state index in [1.165, 1.54) is 0 Å². The van der Waals surface area contributed by atoms with Crippen LogP contribution in [0.3, 0.4) is 0 Å². The number of aryl methyl sites for hydroxylation is 1. The van der Waals surface area contributed by atoms with Gasteiger partial charge in [-0.2, -0.15) is 0 Å². The molecule has 0 unspecified atom stereocenters. The molecule has 2 heterocycles. The fourth-order valence-electron chi connectivity index (χ4n) is 3.34. The van der Waals surface area contributed by atoms with Crippen LogP contribution in [0.15, 0.2) is 24.3 Å². The molecule has 3 rings (SSSR count). The van der Waals surface area contributed by atoms with E-state index >= 15 is 0 Å². The number of hydrogen-bond acceptors (Lipinski definition) is 4. The molecule has 1 aromatic rings. The van der Waals surface area contributed by atoms with E-state index < -0.39 is 5.41 Å². The molecule has 2 aliphatic rings. The summed E-state index contributed by atoms with van der Waals surface area (Å²) in [6.45, 7) is 0.888. The SMILES string of the molecule is COc1cccc(CCC(=O)N2CC[C@]3(CC(=O)NC3=O)C2)c1. The normalized spacial score (nSPS) is 23.4. The Hall–Kier alpha value is -2.37. The number of carbonyl (C=O) groups excluding carboxylic acids is 3. The number of rotatable bonds is 4. The van der Waals surface area contributed by atoms with Crippen molar-refractivity contribution in [2.75, 3.05) is 20.2 Å². The van der Waals surface area contributed by atoms with Crippen LogP contribution < -0.4 is 10.1 Å². The van der Waals surface area contributed by atoms with Gasteiger partial charge in [0.25, 0.3) is 0 Å². The number of benzene rings is 1. The lowest BCUT2D eigenvalue weighted by molar-refractivity contribution is -0.131. The molecular weight excluding hydrogens is 296 g/mol. The van der Waals surface area contributed by atoms with Crippen LogP contribution in [0.25, 0.3) is 0 Å². The van der Waals surface area contributed by atoms with Gasteiger partial charge in [0.15, 0.2) is 0 Å². The largest absolute Gasteiger partial charge is 0.497 e. The van der Waals surface area contributed by atoms with Crippen LogP contribution >= 0.6 is 0 Å². The van der Waals surface area contributed by atoms with Gasteiger partial charge >= 0.3 is 0 Å². The lowest BCUT2D eigenvalue weighted by Crippen LogP contribution is -2.36. The molecule has 6 nitrogen and oxygen atoms in total. The van der Waals surface area contributed by atoms with E-state index in [0.717, 1.165) is 11.3 Å². The highest BCUT2D eigenvalue weighted by molar-refractivity contribution is 6.06. The van der Waals surface area contributed by atoms with Crippen LogP contribution in [0.1, 0.15) is 24.8 Å². The van der Waals surface area contributed by atoms with Gasteiger partial charge in [0.1, 0.15) is 5.75 Å². The average molecular weight is 316 g/mol. The number of nitrogens with zero attached hydrogens (tertiary/aromatic N) is 1. The van der Waals surface area contributed by atoms with Crippen LogP contribution in [0.4, 0.5) is 0 Å². The fourth-order valence-corrected chi connectivity index (χ4v) is 3.34. The minimum atomic E-state index is -0.692. The Morgan fingerprint density at radius 1 is 1.39 bits per heavy atom. The van der Waals surface area contributed by atoms with Crippen molar-refractivity contribution in [2.24, 2.45) is 5.41 Å². The minimum Gasteiger partial charge on any atom is -0.497 e. The minimum absolute atomic E-state index is 0.0249. The smallest absolute Gasteiger partial charge is 0.235 e. The van der Waals surface area contributed by atoms with E-state index in [0.29, 0.717) is 32.4 Å². The first-order valence-electron chi connectivity index (χ1n) is 7.77. The Morgan fingerprint density at radius 2 is 2.22 bits per heavy atom. The topological polar surface area (TPSA) is 75.7 Å². The number of likely N-dealkylation sites (tertiary alicyclic amines) is 1. The van der Waals surface area contributed by atoms with Crippen molar-refractivity contribution < 1.29 is 19.1 Å². The Morgan fingerprint density at radius 3 is 2.91 bits per heavy atom. The first-order chi connectivity index (χ1) is 11.0. The Labute approximate surface area is 134 Å². The number of carbonyl (C=O) groups is 3. The van der Waals surface area contributed by atoms with Gasteiger partial charge in [-0.05, 0) is 30.5 Å². The highest BCUT2D eigenvalue weighted by Gasteiger charge is 2.51. The fraction of sp³-hybridized carbons (Fsp3) is 0.471. The Kier molecular flexibility index (Phi) is 4.07. The summed E-state index contributed by atoms with van der Waals surface area (Å²) < 4.78 is 5.17. The quantitative estimate of drug-likeness (QED) is 0.837. The molecule has 3 amide bonds. The van der Waals surface area contributed by atoms with Crippen molar-refractivity contribution in [3.8, 4) is 5.75 Å². The molecule has 2 saturated heterocycles. The highest BCUT2D eigenvalue weighted by atomic mass is 16.5. The van der Waals surface area contributed by atoms with E-state index in [2.05, 4.69) is 5.32 Å². The third kappa shape index (κ3) is 3.06. The molecule has 122 valence electrons. The predicted molar refractivity (Wildman–Crippen MR) is 82.7 cm³/mol. The molecule has 23 heavy (non-hydrogen) atoms. The van der Waals surface area contributed by atoms with Crippen LogP contribution in [0.2, 0.25) is 0 Å². The highest BCUT2D eigenvalue weighted by Crippen LogP contribution is 2.37. The summed E-state index contributed by atoms with van der Waals surface area (Å²) >= 11 is 0. The van der Waals surface area contributed by atoms with Crippen molar-refractivity contribution >= 4 is 17.7 Å². The number of imide groups is 1. The van der Waals surface area contributed by atoms with Gasteiger partial charge in [-0.1, -0.05) is 12.1 Å². The summed E-state index contributed by atoms with van der Waals surface area (Å²) in [7, 11) is 1.61. The summed E-state index contributed by atoms with van der Waals surface area (Å²) in [5, 5.41) is 2.35. The summed E-state index contributed by atoms with van der Waals surface area (Å²) in [5.74, 6) is 0.333. The molecule has 0 aromatic heterocycles. The van der Waals surface area contributed by atoms with Crippen molar-refractivity contribution in [1.82, 2.24) is 10.2 Å². The van der Waals surface area contributed by atoms with Gasteiger partial charge in [-0.3, -0.25) is 19.7 Å². The average Bonchev–Trinajstić information content (AvgIpc) is 3.09. The third-order valence-electron chi connectivity index (χ3n) is 4.70. The summed E-state index contributed by atoms with van der Waals surface area (Å²) in [6, 6.07) is 7.65. The van der Waals surface area contributed by atoms with Crippen molar-refractivity contribution in [3.05, 3.63) is 29.8 Å². The molecule has 1 atom stereocenters. The van der Waals surface area contributed by atoms with E-state index in [4.69, 9.17) is 4.74 Å². The maximum atomic E-state index is 12.4. The Bertz CT molecular complexity index is 658. The van der Waals surface area contributed by atoms with E-state index in [1.54, 1.807) is 12.0 Å². The zero-order valence-electron chi connectivity index (χ0n) is 13.1. The van der Waals surface area contributed by atoms with Gasteiger partial charge in [0, 0.05) is 25.9 Å². The summed E-state index contributed by atoms with van der Waals surface area (Å²) in [5.41, 5.74) is 0.350. The second-order valence-electron chi connectivity index (χ2n) is 6.25. The van der Waals surface area contributed by atoms with E-state index in [9.17, 15) is 14.4 Å². The molecule has 0 bridgehead atoms. The Balaban J connectivity index is 1.57. The van der Waals surface area contributed by atoms with Crippen LogP contribution in [-0.4, -0.2) is 42.8 Å².